The number of nitrogens with zero attached hydrogens (tertiary/aromatic N) is 2. The van der Waals surface area contributed by atoms with Gasteiger partial charge in [-0.15, -0.1) is 6.58 Å². The molecule has 0 amide bonds. The zero-order chi connectivity index (χ0) is 12.7. The maximum absolute atomic E-state index is 11.2. The second-order valence-electron chi connectivity index (χ2n) is 3.35. The fraction of sp³-hybridized carbons (Fsp3) is 0.455. The van der Waals surface area contributed by atoms with Gasteiger partial charge in [0.05, 0.1) is 26.7 Å². The number of imidazole rings is 1. The maximum Gasteiger partial charge on any atom is 0.360 e. The van der Waals surface area contributed by atoms with Gasteiger partial charge in [-0.05, 0) is 6.42 Å². The minimum absolute atomic E-state index is 0.138. The predicted molar refractivity (Wildman–Crippen MR) is 63.6 cm³/mol. The van der Waals surface area contributed by atoms with Crippen molar-refractivity contribution in [3.05, 3.63) is 24.7 Å². The van der Waals surface area contributed by atoms with Gasteiger partial charge in [0.2, 0.25) is 0 Å². The Hall–Kier alpha value is -1.82. The minimum Gasteiger partial charge on any atom is -0.464 e. The Balaban J connectivity index is 2.47. The highest BCUT2D eigenvalue weighted by Gasteiger charge is 2.15. The first-order chi connectivity index (χ1) is 8.20. The van der Waals surface area contributed by atoms with Crippen molar-refractivity contribution in [1.29, 1.82) is 0 Å². The van der Waals surface area contributed by atoms with Crippen molar-refractivity contribution >= 4 is 11.8 Å². The Morgan fingerprint density at radius 1 is 1.65 bits per heavy atom. The first kappa shape index (κ1) is 13.2. The maximum atomic E-state index is 11.2. The Morgan fingerprint density at radius 2 is 2.41 bits per heavy atom. The molecule has 1 heterocycles. The highest BCUT2D eigenvalue weighted by molar-refractivity contribution is 5.91. The van der Waals surface area contributed by atoms with Gasteiger partial charge in [-0.25, -0.2) is 9.78 Å². The number of carbonyl (C=O) groups excluding carboxylic acids is 1. The summed E-state index contributed by atoms with van der Waals surface area (Å²) >= 11 is 0. The summed E-state index contributed by atoms with van der Waals surface area (Å²) in [4.78, 5) is 15.1. The third kappa shape index (κ3) is 3.60. The largest absolute Gasteiger partial charge is 0.464 e. The molecule has 0 aliphatic rings. The minimum atomic E-state index is -0.533. The molecule has 6 heteroatoms. The lowest BCUT2D eigenvalue weighted by Gasteiger charge is -2.05. The number of esters is 1. The van der Waals surface area contributed by atoms with E-state index in [-0.39, 0.29) is 5.69 Å². The average Bonchev–Trinajstić information content (AvgIpc) is 2.70. The highest BCUT2D eigenvalue weighted by atomic mass is 16.5. The van der Waals surface area contributed by atoms with Gasteiger partial charge in [0.25, 0.3) is 0 Å². The molecule has 0 aliphatic carbocycles. The number of carbonyl (C=O) groups is 1. The van der Waals surface area contributed by atoms with E-state index in [0.717, 1.165) is 6.42 Å². The number of nitrogens with two attached hydrogens (primary N) is 1. The molecule has 0 aromatic carbocycles. The van der Waals surface area contributed by atoms with Gasteiger partial charge in [-0.3, -0.25) is 0 Å². The van der Waals surface area contributed by atoms with Gasteiger partial charge < -0.3 is 19.8 Å². The molecule has 17 heavy (non-hydrogen) atoms. The quantitative estimate of drug-likeness (QED) is 0.433. The van der Waals surface area contributed by atoms with Gasteiger partial charge in [-0.2, -0.15) is 0 Å². The standard InChI is InChI=1S/C11H17N3O3/c1-3-4-6-17-7-5-14-8-13-9(10(14)12)11(15)16-2/h3,8H,1,4-7,12H2,2H3. The second-order valence-corrected chi connectivity index (χ2v) is 3.35. The number of nitrogen functional groups attached to an aromatic ring is 1. The van der Waals surface area contributed by atoms with Crippen LogP contribution in [0.25, 0.3) is 0 Å². The zero-order valence-corrected chi connectivity index (χ0v) is 9.89. The van der Waals surface area contributed by atoms with Crippen LogP contribution in [0.2, 0.25) is 0 Å². The molecular formula is C11H17N3O3. The average molecular weight is 239 g/mol. The van der Waals surface area contributed by atoms with Crippen LogP contribution in [0.3, 0.4) is 0 Å². The van der Waals surface area contributed by atoms with Crippen molar-refractivity contribution in [2.24, 2.45) is 0 Å². The molecule has 0 bridgehead atoms. The lowest BCUT2D eigenvalue weighted by molar-refractivity contribution is 0.0595. The molecule has 0 radical (unpaired) electrons. The van der Waals surface area contributed by atoms with Crippen molar-refractivity contribution in [3.8, 4) is 0 Å². The number of aromatic nitrogens is 2. The molecule has 0 spiro atoms. The molecule has 0 atom stereocenters. The van der Waals surface area contributed by atoms with Crippen molar-refractivity contribution in [2.75, 3.05) is 26.1 Å². The van der Waals surface area contributed by atoms with Crippen molar-refractivity contribution < 1.29 is 14.3 Å². The Morgan fingerprint density at radius 3 is 3.06 bits per heavy atom. The Labute approximate surface area is 100 Å². The van der Waals surface area contributed by atoms with E-state index in [1.165, 1.54) is 13.4 Å². The predicted octanol–water partition coefficient (Wildman–Crippen LogP) is 0.845. The van der Waals surface area contributed by atoms with Crippen LogP contribution in [-0.2, 0) is 16.0 Å². The van der Waals surface area contributed by atoms with Crippen molar-refractivity contribution in [3.63, 3.8) is 0 Å². The summed E-state index contributed by atoms with van der Waals surface area (Å²) in [7, 11) is 1.29. The monoisotopic (exact) mass is 239 g/mol. The molecule has 2 N–H and O–H groups in total. The normalized spacial score (nSPS) is 10.2. The third-order valence-electron chi connectivity index (χ3n) is 2.20. The lowest BCUT2D eigenvalue weighted by Crippen LogP contribution is -2.11. The molecule has 0 unspecified atom stereocenters. The Bertz CT molecular complexity index is 387. The van der Waals surface area contributed by atoms with Gasteiger partial charge in [0.15, 0.2) is 5.69 Å². The van der Waals surface area contributed by atoms with Gasteiger partial charge >= 0.3 is 5.97 Å². The molecule has 0 fully saturated rings. The second kappa shape index (κ2) is 6.70. The van der Waals surface area contributed by atoms with Crippen molar-refractivity contribution in [1.82, 2.24) is 9.55 Å². The Kier molecular flexibility index (Phi) is 5.22. The summed E-state index contributed by atoms with van der Waals surface area (Å²) in [5.41, 5.74) is 5.89. The zero-order valence-electron chi connectivity index (χ0n) is 9.89. The number of hydrogen-bond acceptors (Lipinski definition) is 5. The third-order valence-corrected chi connectivity index (χ3v) is 2.20. The number of methoxy groups -OCH3 is 1. The van der Waals surface area contributed by atoms with Crippen LogP contribution < -0.4 is 5.73 Å². The molecule has 0 saturated heterocycles. The van der Waals surface area contributed by atoms with E-state index in [1.807, 2.05) is 0 Å². The summed E-state index contributed by atoms with van der Waals surface area (Å²) < 4.78 is 11.5. The van der Waals surface area contributed by atoms with E-state index in [2.05, 4.69) is 16.3 Å². The van der Waals surface area contributed by atoms with E-state index in [1.54, 1.807) is 10.6 Å². The van der Waals surface area contributed by atoms with Crippen LogP contribution in [0.4, 0.5) is 5.82 Å². The fourth-order valence-corrected chi connectivity index (χ4v) is 1.26. The molecule has 0 aliphatic heterocycles. The fourth-order valence-electron chi connectivity index (χ4n) is 1.26. The first-order valence-electron chi connectivity index (χ1n) is 5.28. The lowest BCUT2D eigenvalue weighted by atomic mass is 10.4. The molecule has 94 valence electrons. The van der Waals surface area contributed by atoms with Crippen LogP contribution in [0, 0.1) is 0 Å². The smallest absolute Gasteiger partial charge is 0.360 e. The van der Waals surface area contributed by atoms with Crippen LogP contribution in [-0.4, -0.2) is 35.8 Å². The highest BCUT2D eigenvalue weighted by Crippen LogP contribution is 2.10. The molecule has 0 saturated carbocycles. The van der Waals surface area contributed by atoms with Gasteiger partial charge in [0, 0.05) is 6.54 Å². The van der Waals surface area contributed by atoms with E-state index in [9.17, 15) is 4.79 Å². The first-order valence-corrected chi connectivity index (χ1v) is 5.28. The summed E-state index contributed by atoms with van der Waals surface area (Å²) in [5.74, 6) is -0.238. The summed E-state index contributed by atoms with van der Waals surface area (Å²) in [6, 6.07) is 0. The topological polar surface area (TPSA) is 79.4 Å². The van der Waals surface area contributed by atoms with Gasteiger partial charge in [0.1, 0.15) is 5.82 Å². The van der Waals surface area contributed by atoms with E-state index in [4.69, 9.17) is 10.5 Å². The summed E-state index contributed by atoms with van der Waals surface area (Å²) in [6.45, 7) is 5.28. The van der Waals surface area contributed by atoms with Gasteiger partial charge in [-0.1, -0.05) is 6.08 Å². The van der Waals surface area contributed by atoms with Crippen LogP contribution in [0.1, 0.15) is 16.9 Å². The SMILES string of the molecule is C=CCCOCCn1cnc(C(=O)OC)c1N. The molecular weight excluding hydrogens is 222 g/mol. The molecule has 1 aromatic heterocycles. The summed E-state index contributed by atoms with van der Waals surface area (Å²) in [6.07, 6.45) is 4.10. The summed E-state index contributed by atoms with van der Waals surface area (Å²) in [5, 5.41) is 0. The number of rotatable bonds is 7. The van der Waals surface area contributed by atoms with E-state index >= 15 is 0 Å². The number of anilines is 1. The molecule has 1 rings (SSSR count). The molecule has 1 aromatic rings. The van der Waals surface area contributed by atoms with E-state index < -0.39 is 5.97 Å². The molecule has 6 nitrogen and oxygen atoms in total. The van der Waals surface area contributed by atoms with E-state index in [0.29, 0.717) is 25.6 Å². The van der Waals surface area contributed by atoms with Crippen LogP contribution in [0.15, 0.2) is 19.0 Å². The van der Waals surface area contributed by atoms with Crippen LogP contribution in [0.5, 0.6) is 0 Å². The van der Waals surface area contributed by atoms with Crippen LogP contribution >= 0.6 is 0 Å². The number of ether oxygens (including phenoxy) is 2. The van der Waals surface area contributed by atoms with Crippen molar-refractivity contribution in [2.45, 2.75) is 13.0 Å². The number of hydrogen-bond donors (Lipinski definition) is 1.